The van der Waals surface area contributed by atoms with Crippen molar-refractivity contribution in [3.63, 3.8) is 0 Å². The molecule has 0 atom stereocenters. The topological polar surface area (TPSA) is 17.8 Å². The molecule has 0 spiro atoms. The van der Waals surface area contributed by atoms with Crippen molar-refractivity contribution in [3.05, 3.63) is 90.3 Å². The molecule has 0 fully saturated rings. The molecule has 4 aromatic rings. The summed E-state index contributed by atoms with van der Waals surface area (Å²) in [5.41, 5.74) is 6.26. The Morgan fingerprint density at radius 1 is 0.500 bits per heavy atom. The van der Waals surface area contributed by atoms with Gasteiger partial charge in [-0.05, 0) is 35.2 Å². The number of rotatable bonds is 20. The van der Waals surface area contributed by atoms with Crippen LogP contribution in [0.3, 0.4) is 0 Å². The van der Waals surface area contributed by atoms with Crippen LogP contribution in [0.5, 0.6) is 0 Å². The van der Waals surface area contributed by atoms with E-state index in [1.807, 2.05) is 0 Å². The summed E-state index contributed by atoms with van der Waals surface area (Å²) in [7, 11) is 0. The molecule has 214 valence electrons. The first kappa shape index (κ1) is 30.1. The highest BCUT2D eigenvalue weighted by Gasteiger charge is 2.11. The molecule has 1 aromatic heterocycles. The van der Waals surface area contributed by atoms with Gasteiger partial charge >= 0.3 is 0 Å². The number of unbranched alkanes of at least 4 members (excludes halogenated alkanes) is 15. The first-order valence-corrected chi connectivity index (χ1v) is 16.4. The molecule has 0 aliphatic heterocycles. The lowest BCUT2D eigenvalue weighted by Crippen LogP contribution is -2.05. The van der Waals surface area contributed by atoms with Gasteiger partial charge in [-0.2, -0.15) is 0 Å². The Kier molecular flexibility index (Phi) is 13.4. The van der Waals surface area contributed by atoms with Gasteiger partial charge in [0.15, 0.2) is 0 Å². The van der Waals surface area contributed by atoms with Crippen molar-refractivity contribution in [2.45, 2.75) is 123 Å². The van der Waals surface area contributed by atoms with Gasteiger partial charge in [-0.1, -0.05) is 170 Å². The van der Waals surface area contributed by atoms with E-state index in [9.17, 15) is 0 Å². The molecule has 40 heavy (non-hydrogen) atoms. The first-order chi connectivity index (χ1) is 19.8. The Balaban J connectivity index is 1.14. The predicted molar refractivity (Wildman–Crippen MR) is 174 cm³/mol. The summed E-state index contributed by atoms with van der Waals surface area (Å²) in [5.74, 6) is 1.19. The zero-order valence-corrected chi connectivity index (χ0v) is 25.1. The van der Waals surface area contributed by atoms with Crippen LogP contribution >= 0.6 is 0 Å². The van der Waals surface area contributed by atoms with Crippen LogP contribution in [0.4, 0.5) is 0 Å². The average molecular weight is 537 g/mol. The molecular weight excluding hydrogens is 484 g/mol. The third-order valence-electron chi connectivity index (χ3n) is 8.39. The normalized spacial score (nSPS) is 11.4. The highest BCUT2D eigenvalue weighted by molar-refractivity contribution is 5.76. The van der Waals surface area contributed by atoms with Gasteiger partial charge in [0.25, 0.3) is 0 Å². The van der Waals surface area contributed by atoms with E-state index in [0.29, 0.717) is 0 Å². The fourth-order valence-corrected chi connectivity index (χ4v) is 5.96. The lowest BCUT2D eigenvalue weighted by molar-refractivity contribution is 0.520. The molecule has 0 bridgehead atoms. The van der Waals surface area contributed by atoms with E-state index in [2.05, 4.69) is 90.4 Å². The number of hydrogen-bond donors (Lipinski definition) is 0. The Morgan fingerprint density at radius 3 is 1.60 bits per heavy atom. The highest BCUT2D eigenvalue weighted by atomic mass is 15.1. The number of nitrogens with zero attached hydrogens (tertiary/aromatic N) is 2. The maximum absolute atomic E-state index is 5.04. The Bertz CT molecular complexity index is 1210. The van der Waals surface area contributed by atoms with Gasteiger partial charge in [0, 0.05) is 13.0 Å². The van der Waals surface area contributed by atoms with Crippen molar-refractivity contribution in [2.24, 2.45) is 0 Å². The Labute approximate surface area is 244 Å². The van der Waals surface area contributed by atoms with E-state index in [-0.39, 0.29) is 0 Å². The molecule has 0 unspecified atom stereocenters. The summed E-state index contributed by atoms with van der Waals surface area (Å²) in [5, 5.41) is 0. The largest absolute Gasteiger partial charge is 0.328 e. The van der Waals surface area contributed by atoms with Crippen LogP contribution in [0, 0.1) is 0 Å². The Hall–Kier alpha value is -2.87. The van der Waals surface area contributed by atoms with Crippen molar-refractivity contribution in [3.8, 4) is 11.1 Å². The summed E-state index contributed by atoms with van der Waals surface area (Å²) >= 11 is 0. The van der Waals surface area contributed by atoms with Gasteiger partial charge in [-0.3, -0.25) is 0 Å². The Morgan fingerprint density at radius 2 is 1.00 bits per heavy atom. The fourth-order valence-electron chi connectivity index (χ4n) is 5.96. The van der Waals surface area contributed by atoms with Crippen molar-refractivity contribution in [1.82, 2.24) is 9.55 Å². The molecule has 0 radical (unpaired) electrons. The van der Waals surface area contributed by atoms with Crippen LogP contribution in [0.1, 0.15) is 121 Å². The van der Waals surface area contributed by atoms with E-state index in [4.69, 9.17) is 4.98 Å². The van der Waals surface area contributed by atoms with E-state index in [1.165, 1.54) is 131 Å². The molecule has 4 rings (SSSR count). The number of fused-ring (bicyclic) bond motifs is 1. The molecule has 2 nitrogen and oxygen atoms in total. The summed E-state index contributed by atoms with van der Waals surface area (Å²) < 4.78 is 2.48. The molecule has 0 amide bonds. The van der Waals surface area contributed by atoms with Crippen LogP contribution in [-0.2, 0) is 13.0 Å². The molecule has 2 heteroatoms. The SMILES string of the molecule is CCCCCCCCCCCCCCCCCCn1c(Cc2ccc(-c3ccccc3)cc2)nc2ccccc21. The van der Waals surface area contributed by atoms with Crippen LogP contribution < -0.4 is 0 Å². The third kappa shape index (κ3) is 9.95. The molecule has 0 N–H and O–H groups in total. The van der Waals surface area contributed by atoms with Crippen LogP contribution in [0.15, 0.2) is 78.9 Å². The standard InChI is InChI=1S/C38H52N2/c1-2-3-4-5-6-7-8-9-10-11-12-13-14-15-16-22-31-40-37-26-21-20-25-36(37)39-38(40)32-33-27-29-35(30-28-33)34-23-18-17-19-24-34/h17-21,23-30H,2-16,22,31-32H2,1H3. The molecule has 0 saturated carbocycles. The highest BCUT2D eigenvalue weighted by Crippen LogP contribution is 2.23. The lowest BCUT2D eigenvalue weighted by Gasteiger charge is -2.10. The average Bonchev–Trinajstić information content (AvgIpc) is 3.34. The molecule has 1 heterocycles. The zero-order chi connectivity index (χ0) is 27.7. The molecule has 0 aliphatic carbocycles. The van der Waals surface area contributed by atoms with Gasteiger partial charge in [0.1, 0.15) is 5.82 Å². The molecule has 0 aliphatic rings. The fraction of sp³-hybridized carbons (Fsp3) is 0.500. The predicted octanol–water partition coefficient (Wildman–Crippen LogP) is 11.6. The zero-order valence-electron chi connectivity index (χ0n) is 25.1. The number of hydrogen-bond acceptors (Lipinski definition) is 1. The number of imidazole rings is 1. The first-order valence-electron chi connectivity index (χ1n) is 16.4. The molecule has 0 saturated heterocycles. The third-order valence-corrected chi connectivity index (χ3v) is 8.39. The maximum Gasteiger partial charge on any atom is 0.114 e. The second-order valence-corrected chi connectivity index (χ2v) is 11.7. The maximum atomic E-state index is 5.04. The van der Waals surface area contributed by atoms with E-state index in [0.717, 1.165) is 18.5 Å². The number of para-hydroxylation sites is 2. The summed E-state index contributed by atoms with van der Waals surface area (Å²) in [6.07, 6.45) is 23.4. The van der Waals surface area contributed by atoms with E-state index >= 15 is 0 Å². The van der Waals surface area contributed by atoms with Gasteiger partial charge in [-0.15, -0.1) is 0 Å². The second-order valence-electron chi connectivity index (χ2n) is 11.7. The van der Waals surface area contributed by atoms with Gasteiger partial charge < -0.3 is 4.57 Å². The minimum Gasteiger partial charge on any atom is -0.328 e. The van der Waals surface area contributed by atoms with Gasteiger partial charge in [-0.25, -0.2) is 4.98 Å². The van der Waals surface area contributed by atoms with E-state index < -0.39 is 0 Å². The minimum absolute atomic E-state index is 0.878. The van der Waals surface area contributed by atoms with Crippen molar-refractivity contribution in [1.29, 1.82) is 0 Å². The van der Waals surface area contributed by atoms with Gasteiger partial charge in [0.05, 0.1) is 11.0 Å². The van der Waals surface area contributed by atoms with Crippen LogP contribution in [-0.4, -0.2) is 9.55 Å². The monoisotopic (exact) mass is 536 g/mol. The summed E-state index contributed by atoms with van der Waals surface area (Å²) in [4.78, 5) is 5.04. The quantitative estimate of drug-likeness (QED) is 0.103. The van der Waals surface area contributed by atoms with Crippen molar-refractivity contribution in [2.75, 3.05) is 0 Å². The van der Waals surface area contributed by atoms with Crippen molar-refractivity contribution < 1.29 is 0 Å². The second kappa shape index (κ2) is 17.7. The number of aromatic nitrogens is 2. The summed E-state index contributed by atoms with van der Waals surface area (Å²) in [6, 6.07) is 28.3. The van der Waals surface area contributed by atoms with Crippen LogP contribution in [0.2, 0.25) is 0 Å². The minimum atomic E-state index is 0.878. The van der Waals surface area contributed by atoms with Crippen molar-refractivity contribution >= 4 is 11.0 Å². The lowest BCUT2D eigenvalue weighted by atomic mass is 10.0. The smallest absolute Gasteiger partial charge is 0.114 e. The van der Waals surface area contributed by atoms with E-state index in [1.54, 1.807) is 0 Å². The molecular formula is C38H52N2. The number of aryl methyl sites for hydroxylation is 1. The summed E-state index contributed by atoms with van der Waals surface area (Å²) in [6.45, 7) is 3.36. The number of benzene rings is 3. The molecule has 3 aromatic carbocycles. The van der Waals surface area contributed by atoms with Crippen LogP contribution in [0.25, 0.3) is 22.2 Å². The van der Waals surface area contributed by atoms with Gasteiger partial charge in [0.2, 0.25) is 0 Å².